The summed E-state index contributed by atoms with van der Waals surface area (Å²) in [5.74, 6) is 3.06. The molecular weight excluding hydrogens is 352 g/mol. The molecule has 0 bridgehead atoms. The average Bonchev–Trinajstić information content (AvgIpc) is 2.67. The van der Waals surface area contributed by atoms with Crippen LogP contribution >= 0.6 is 0 Å². The van der Waals surface area contributed by atoms with Gasteiger partial charge in [0.05, 0.1) is 14.2 Å². The first-order valence-corrected chi connectivity index (χ1v) is 9.20. The van der Waals surface area contributed by atoms with Gasteiger partial charge in [-0.05, 0) is 42.7 Å². The van der Waals surface area contributed by atoms with E-state index in [1.54, 1.807) is 14.2 Å². The number of nitrogens with one attached hydrogen (secondary N) is 2. The molecule has 1 heterocycles. The van der Waals surface area contributed by atoms with Crippen LogP contribution in [0.2, 0.25) is 0 Å². The van der Waals surface area contributed by atoms with Gasteiger partial charge in [-0.1, -0.05) is 26.0 Å². The van der Waals surface area contributed by atoms with Crippen LogP contribution in [0.15, 0.2) is 48.5 Å². The minimum absolute atomic E-state index is 0.507. The molecule has 2 aromatic carbocycles. The highest BCUT2D eigenvalue weighted by molar-refractivity contribution is 5.62. The Bertz CT molecular complexity index is 940. The maximum Gasteiger partial charge on any atom is 0.229 e. The van der Waals surface area contributed by atoms with Gasteiger partial charge in [0.25, 0.3) is 0 Å². The molecule has 0 aliphatic heterocycles. The standard InChI is InChI=1S/C22H26N4O2/c1-14(2)16-6-8-17(9-7-16)24-21-12-15(3)23-22(26-21)25-18-10-11-19(27-4)20(13-18)28-5/h6-14H,1-5H3,(H2,23,24,25,26). The first-order chi connectivity index (χ1) is 13.5. The van der Waals surface area contributed by atoms with Crippen LogP contribution in [0.5, 0.6) is 11.5 Å². The van der Waals surface area contributed by atoms with Crippen LogP contribution in [0.25, 0.3) is 0 Å². The Balaban J connectivity index is 1.79. The third-order valence-corrected chi connectivity index (χ3v) is 4.34. The Morgan fingerprint density at radius 1 is 0.786 bits per heavy atom. The molecule has 6 nitrogen and oxygen atoms in total. The topological polar surface area (TPSA) is 68.3 Å². The summed E-state index contributed by atoms with van der Waals surface area (Å²) in [4.78, 5) is 9.05. The van der Waals surface area contributed by atoms with Crippen LogP contribution in [0, 0.1) is 6.92 Å². The molecule has 0 amide bonds. The molecule has 0 radical (unpaired) electrons. The molecule has 3 aromatic rings. The molecule has 0 atom stereocenters. The third-order valence-electron chi connectivity index (χ3n) is 4.34. The van der Waals surface area contributed by atoms with Gasteiger partial charge in [-0.15, -0.1) is 0 Å². The summed E-state index contributed by atoms with van der Waals surface area (Å²) >= 11 is 0. The van der Waals surface area contributed by atoms with Gasteiger partial charge in [0.1, 0.15) is 5.82 Å². The fraction of sp³-hybridized carbons (Fsp3) is 0.273. The van der Waals surface area contributed by atoms with Crippen molar-refractivity contribution in [1.29, 1.82) is 0 Å². The van der Waals surface area contributed by atoms with E-state index in [1.165, 1.54) is 5.56 Å². The monoisotopic (exact) mass is 378 g/mol. The number of anilines is 4. The van der Waals surface area contributed by atoms with Crippen molar-refractivity contribution in [2.45, 2.75) is 26.7 Å². The van der Waals surface area contributed by atoms with E-state index >= 15 is 0 Å². The fourth-order valence-corrected chi connectivity index (χ4v) is 2.83. The minimum atomic E-state index is 0.507. The van der Waals surface area contributed by atoms with Crippen molar-refractivity contribution in [3.05, 3.63) is 59.8 Å². The summed E-state index contributed by atoms with van der Waals surface area (Å²) < 4.78 is 10.6. The van der Waals surface area contributed by atoms with Crippen molar-refractivity contribution in [2.75, 3.05) is 24.9 Å². The van der Waals surface area contributed by atoms with Crippen LogP contribution in [0.3, 0.4) is 0 Å². The molecule has 28 heavy (non-hydrogen) atoms. The van der Waals surface area contributed by atoms with E-state index in [0.29, 0.717) is 23.4 Å². The number of hydrogen-bond acceptors (Lipinski definition) is 6. The van der Waals surface area contributed by atoms with E-state index in [2.05, 4.69) is 58.7 Å². The number of benzene rings is 2. The van der Waals surface area contributed by atoms with E-state index in [1.807, 2.05) is 31.2 Å². The molecule has 0 fully saturated rings. The smallest absolute Gasteiger partial charge is 0.229 e. The Labute approximate surface area is 166 Å². The molecule has 0 aliphatic carbocycles. The molecule has 0 saturated heterocycles. The molecule has 0 unspecified atom stereocenters. The average molecular weight is 378 g/mol. The molecular formula is C22H26N4O2. The zero-order chi connectivity index (χ0) is 20.1. The first-order valence-electron chi connectivity index (χ1n) is 9.20. The highest BCUT2D eigenvalue weighted by Crippen LogP contribution is 2.31. The van der Waals surface area contributed by atoms with E-state index in [0.717, 1.165) is 22.9 Å². The van der Waals surface area contributed by atoms with Crippen LogP contribution in [0.4, 0.5) is 23.1 Å². The van der Waals surface area contributed by atoms with Crippen molar-refractivity contribution in [3.8, 4) is 11.5 Å². The van der Waals surface area contributed by atoms with Crippen molar-refractivity contribution < 1.29 is 9.47 Å². The van der Waals surface area contributed by atoms with Gasteiger partial charge in [0.2, 0.25) is 5.95 Å². The van der Waals surface area contributed by atoms with Gasteiger partial charge in [0.15, 0.2) is 11.5 Å². The van der Waals surface area contributed by atoms with Crippen LogP contribution < -0.4 is 20.1 Å². The number of rotatable bonds is 7. The van der Waals surface area contributed by atoms with Gasteiger partial charge in [-0.25, -0.2) is 4.98 Å². The molecule has 0 aliphatic rings. The lowest BCUT2D eigenvalue weighted by Crippen LogP contribution is -2.03. The molecule has 146 valence electrons. The van der Waals surface area contributed by atoms with Crippen LogP contribution in [-0.4, -0.2) is 24.2 Å². The number of aromatic nitrogens is 2. The number of nitrogens with zero attached hydrogens (tertiary/aromatic N) is 2. The second-order valence-corrected chi connectivity index (χ2v) is 6.81. The lowest BCUT2D eigenvalue weighted by atomic mass is 10.0. The minimum Gasteiger partial charge on any atom is -0.493 e. The number of ether oxygens (including phenoxy) is 2. The van der Waals surface area contributed by atoms with Crippen molar-refractivity contribution in [1.82, 2.24) is 9.97 Å². The SMILES string of the molecule is COc1ccc(Nc2nc(C)cc(Nc3ccc(C(C)C)cc3)n2)cc1OC. The maximum atomic E-state index is 5.35. The quantitative estimate of drug-likeness (QED) is 0.573. The summed E-state index contributed by atoms with van der Waals surface area (Å²) in [6.07, 6.45) is 0. The van der Waals surface area contributed by atoms with Crippen LogP contribution in [-0.2, 0) is 0 Å². The van der Waals surface area contributed by atoms with E-state index in [-0.39, 0.29) is 0 Å². The lowest BCUT2D eigenvalue weighted by Gasteiger charge is -2.13. The first kappa shape index (κ1) is 19.5. The summed E-state index contributed by atoms with van der Waals surface area (Å²) in [6, 6.07) is 15.9. The summed E-state index contributed by atoms with van der Waals surface area (Å²) in [7, 11) is 3.22. The molecule has 0 saturated carbocycles. The normalized spacial score (nSPS) is 10.6. The fourth-order valence-electron chi connectivity index (χ4n) is 2.83. The predicted octanol–water partition coefficient (Wildman–Crippen LogP) is 5.41. The number of methoxy groups -OCH3 is 2. The molecule has 6 heteroatoms. The highest BCUT2D eigenvalue weighted by Gasteiger charge is 2.08. The lowest BCUT2D eigenvalue weighted by molar-refractivity contribution is 0.355. The van der Waals surface area contributed by atoms with Gasteiger partial charge in [0, 0.05) is 29.2 Å². The highest BCUT2D eigenvalue weighted by atomic mass is 16.5. The second kappa shape index (κ2) is 8.61. The number of aryl methyl sites for hydroxylation is 1. The second-order valence-electron chi connectivity index (χ2n) is 6.81. The van der Waals surface area contributed by atoms with Crippen molar-refractivity contribution in [3.63, 3.8) is 0 Å². The van der Waals surface area contributed by atoms with Crippen LogP contribution in [0.1, 0.15) is 31.0 Å². The third kappa shape index (κ3) is 4.71. The zero-order valence-electron chi connectivity index (χ0n) is 16.9. The van der Waals surface area contributed by atoms with Crippen molar-refractivity contribution >= 4 is 23.1 Å². The predicted molar refractivity (Wildman–Crippen MR) is 113 cm³/mol. The Morgan fingerprint density at radius 2 is 1.46 bits per heavy atom. The molecule has 3 rings (SSSR count). The van der Waals surface area contributed by atoms with Gasteiger partial charge >= 0.3 is 0 Å². The maximum absolute atomic E-state index is 5.35. The Morgan fingerprint density at radius 3 is 2.11 bits per heavy atom. The largest absolute Gasteiger partial charge is 0.493 e. The summed E-state index contributed by atoms with van der Waals surface area (Å²) in [6.45, 7) is 6.30. The molecule has 1 aromatic heterocycles. The summed E-state index contributed by atoms with van der Waals surface area (Å²) in [5, 5.41) is 6.57. The Hall–Kier alpha value is -3.28. The van der Waals surface area contributed by atoms with Crippen molar-refractivity contribution in [2.24, 2.45) is 0 Å². The summed E-state index contributed by atoms with van der Waals surface area (Å²) in [5.41, 5.74) is 3.97. The Kier molecular flexibility index (Phi) is 5.99. The molecule has 0 spiro atoms. The molecule has 2 N–H and O–H groups in total. The number of hydrogen-bond donors (Lipinski definition) is 2. The van der Waals surface area contributed by atoms with E-state index in [9.17, 15) is 0 Å². The van der Waals surface area contributed by atoms with E-state index in [4.69, 9.17) is 9.47 Å². The van der Waals surface area contributed by atoms with Gasteiger partial charge < -0.3 is 20.1 Å². The van der Waals surface area contributed by atoms with Gasteiger partial charge in [-0.2, -0.15) is 4.98 Å². The zero-order valence-corrected chi connectivity index (χ0v) is 16.9. The van der Waals surface area contributed by atoms with E-state index < -0.39 is 0 Å². The van der Waals surface area contributed by atoms with Gasteiger partial charge in [-0.3, -0.25) is 0 Å².